The van der Waals surface area contributed by atoms with E-state index in [1.807, 2.05) is 0 Å². The first-order valence-electron chi connectivity index (χ1n) is 7.22. The van der Waals surface area contributed by atoms with Crippen molar-refractivity contribution in [2.45, 2.75) is 59.3 Å². The van der Waals surface area contributed by atoms with Crippen LogP contribution in [0.3, 0.4) is 0 Å². The van der Waals surface area contributed by atoms with E-state index in [1.165, 1.54) is 38.5 Å². The van der Waals surface area contributed by atoms with Crippen LogP contribution in [0.5, 0.6) is 0 Å². The fourth-order valence-electron chi connectivity index (χ4n) is 1.95. The largest absolute Gasteiger partial charge is 0.394 e. The van der Waals surface area contributed by atoms with Crippen LogP contribution < -0.4 is 0 Å². The van der Waals surface area contributed by atoms with Crippen LogP contribution >= 0.6 is 7.26 Å². The maximum absolute atomic E-state index is 8.74. The first-order chi connectivity index (χ1) is 8.68. The Hall–Kier alpha value is 0.300. The summed E-state index contributed by atoms with van der Waals surface area (Å²) in [5, 5.41) is 0. The molecule has 2 N–H and O–H groups in total. The molecule has 0 heterocycles. The van der Waals surface area contributed by atoms with Gasteiger partial charge in [-0.2, -0.15) is 8.42 Å². The van der Waals surface area contributed by atoms with Crippen molar-refractivity contribution in [3.8, 4) is 0 Å². The van der Waals surface area contributed by atoms with Gasteiger partial charge >= 0.3 is 10.4 Å². The molecule has 0 bridgehead atoms. The third kappa shape index (κ3) is 20.8. The highest BCUT2D eigenvalue weighted by molar-refractivity contribution is 7.79. The van der Waals surface area contributed by atoms with Gasteiger partial charge in [0.2, 0.25) is 0 Å². The van der Waals surface area contributed by atoms with Gasteiger partial charge in [0.15, 0.2) is 0 Å². The van der Waals surface area contributed by atoms with Crippen LogP contribution in [-0.4, -0.2) is 42.7 Å². The minimum Gasteiger partial charge on any atom is -0.264 e. The quantitative estimate of drug-likeness (QED) is 0.489. The van der Waals surface area contributed by atoms with E-state index in [-0.39, 0.29) is 0 Å². The van der Waals surface area contributed by atoms with E-state index in [1.54, 1.807) is 18.5 Å². The number of rotatable bonds is 9. The predicted molar refractivity (Wildman–Crippen MR) is 86.3 cm³/mol. The van der Waals surface area contributed by atoms with Crippen molar-refractivity contribution in [1.29, 1.82) is 0 Å². The number of unbranched alkanes of at least 4 members (excludes halogenated alkanes) is 3. The second kappa shape index (κ2) is 12.1. The van der Waals surface area contributed by atoms with Crippen molar-refractivity contribution in [2.24, 2.45) is 0 Å². The van der Waals surface area contributed by atoms with Gasteiger partial charge in [0, 0.05) is 13.9 Å². The molecule has 0 amide bonds. The molecule has 19 heavy (non-hydrogen) atoms. The fourth-order valence-corrected chi connectivity index (χ4v) is 5.86. The smallest absolute Gasteiger partial charge is 0.264 e. The lowest BCUT2D eigenvalue weighted by molar-refractivity contribution is 0.381. The minimum atomic E-state index is -4.67. The van der Waals surface area contributed by atoms with Gasteiger partial charge in [0.25, 0.3) is 0 Å². The van der Waals surface area contributed by atoms with Gasteiger partial charge in [-0.05, 0) is 19.3 Å². The van der Waals surface area contributed by atoms with Crippen molar-refractivity contribution >= 4 is 17.7 Å². The van der Waals surface area contributed by atoms with Crippen molar-refractivity contribution in [3.05, 3.63) is 0 Å². The highest BCUT2D eigenvalue weighted by Gasteiger charge is 2.28. The fraction of sp³-hybridized carbons (Fsp3) is 1.00. The van der Waals surface area contributed by atoms with Gasteiger partial charge in [-0.25, -0.2) is 0 Å². The number of hydrogen-bond acceptors (Lipinski definition) is 2. The normalized spacial score (nSPS) is 11.9. The molecule has 0 radical (unpaired) electrons. The summed E-state index contributed by atoms with van der Waals surface area (Å²) in [7, 11) is -5.19. The number of hydrogen-bond donors (Lipinski definition) is 2. The molecule has 4 nitrogen and oxygen atoms in total. The monoisotopic (exact) mass is 315 g/mol. The first kappa shape index (κ1) is 21.6. The Morgan fingerprint density at radius 3 is 1.16 bits per heavy atom. The Morgan fingerprint density at radius 1 is 0.789 bits per heavy atom. The van der Waals surface area contributed by atoms with Gasteiger partial charge in [-0.15, -0.1) is 0 Å². The lowest BCUT2D eigenvalue weighted by Gasteiger charge is -2.22. The molecule has 0 saturated carbocycles. The Kier molecular flexibility index (Phi) is 13.7. The van der Waals surface area contributed by atoms with Gasteiger partial charge < -0.3 is 0 Å². The molecular formula is C13H32O4PS+. The van der Waals surface area contributed by atoms with Gasteiger partial charge in [0.05, 0.1) is 18.5 Å². The summed E-state index contributed by atoms with van der Waals surface area (Å²) in [6.07, 6.45) is 13.2. The van der Waals surface area contributed by atoms with E-state index in [0.29, 0.717) is 0 Å². The average molecular weight is 315 g/mol. The molecule has 0 rings (SSSR count). The van der Waals surface area contributed by atoms with E-state index in [4.69, 9.17) is 17.5 Å². The standard InChI is InChI=1S/C13H30P.H2O4S/c1-5-8-11-14(4,12-9-6-2)13-10-7-3;1-5(2,3)4/h5-13H2,1-4H3;(H2,1,2,3,4)/q+1;. The molecule has 0 spiro atoms. The van der Waals surface area contributed by atoms with Crippen LogP contribution in [0.1, 0.15) is 59.3 Å². The van der Waals surface area contributed by atoms with E-state index in [0.717, 1.165) is 0 Å². The molecule has 0 saturated heterocycles. The van der Waals surface area contributed by atoms with E-state index in [2.05, 4.69) is 27.4 Å². The summed E-state index contributed by atoms with van der Waals surface area (Å²) in [5.74, 6) is 0. The van der Waals surface area contributed by atoms with Crippen molar-refractivity contribution < 1.29 is 17.5 Å². The lowest BCUT2D eigenvalue weighted by atomic mass is 10.4. The summed E-state index contributed by atoms with van der Waals surface area (Å²) >= 11 is 0. The summed E-state index contributed by atoms with van der Waals surface area (Å²) in [6, 6.07) is 0. The SMILES string of the molecule is CCCC[P+](C)(CCCC)CCCC.O=S(=O)(O)O. The molecule has 0 aliphatic rings. The Balaban J connectivity index is 0. The zero-order valence-electron chi connectivity index (χ0n) is 12.9. The molecule has 0 aliphatic carbocycles. The van der Waals surface area contributed by atoms with Crippen LogP contribution in [0.2, 0.25) is 0 Å². The molecule has 0 aliphatic heterocycles. The molecule has 0 unspecified atom stereocenters. The molecule has 118 valence electrons. The van der Waals surface area contributed by atoms with Crippen LogP contribution in [-0.2, 0) is 10.4 Å². The third-order valence-electron chi connectivity index (χ3n) is 3.15. The minimum absolute atomic E-state index is 0.519. The van der Waals surface area contributed by atoms with Crippen LogP contribution in [0.4, 0.5) is 0 Å². The highest BCUT2D eigenvalue weighted by atomic mass is 32.3. The van der Waals surface area contributed by atoms with E-state index in [9.17, 15) is 0 Å². The average Bonchev–Trinajstić information content (AvgIpc) is 2.30. The van der Waals surface area contributed by atoms with E-state index < -0.39 is 17.7 Å². The van der Waals surface area contributed by atoms with Gasteiger partial charge in [-0.1, -0.05) is 40.0 Å². The van der Waals surface area contributed by atoms with Crippen molar-refractivity contribution in [2.75, 3.05) is 25.2 Å². The summed E-state index contributed by atoms with van der Waals surface area (Å²) < 4.78 is 31.6. The molecular weight excluding hydrogens is 283 g/mol. The maximum Gasteiger partial charge on any atom is 0.394 e. The maximum atomic E-state index is 8.74. The zero-order valence-corrected chi connectivity index (χ0v) is 14.6. The van der Waals surface area contributed by atoms with Gasteiger partial charge in [-0.3, -0.25) is 9.11 Å². The topological polar surface area (TPSA) is 74.6 Å². The Bertz CT molecular complexity index is 261. The predicted octanol–water partition coefficient (Wildman–Crippen LogP) is 4.38. The van der Waals surface area contributed by atoms with Crippen molar-refractivity contribution in [3.63, 3.8) is 0 Å². The summed E-state index contributed by atoms with van der Waals surface area (Å²) in [4.78, 5) is 0. The van der Waals surface area contributed by atoms with E-state index >= 15 is 0 Å². The van der Waals surface area contributed by atoms with Crippen LogP contribution in [0, 0.1) is 0 Å². The summed E-state index contributed by atoms with van der Waals surface area (Å²) in [5.41, 5.74) is 0. The van der Waals surface area contributed by atoms with Crippen LogP contribution in [0.15, 0.2) is 0 Å². The molecule has 6 heteroatoms. The highest BCUT2D eigenvalue weighted by Crippen LogP contribution is 2.57. The Morgan fingerprint density at radius 2 is 1.00 bits per heavy atom. The molecule has 0 fully saturated rings. The molecule has 0 aromatic carbocycles. The van der Waals surface area contributed by atoms with Crippen LogP contribution in [0.25, 0.3) is 0 Å². The Labute approximate surface area is 120 Å². The third-order valence-corrected chi connectivity index (χ3v) is 7.34. The molecule has 0 aromatic rings. The summed E-state index contributed by atoms with van der Waals surface area (Å²) in [6.45, 7) is 9.59. The second-order valence-corrected chi connectivity index (χ2v) is 10.8. The first-order valence-corrected chi connectivity index (χ1v) is 11.4. The zero-order chi connectivity index (χ0) is 15.4. The van der Waals surface area contributed by atoms with Crippen molar-refractivity contribution in [1.82, 2.24) is 0 Å². The van der Waals surface area contributed by atoms with Gasteiger partial charge in [0.1, 0.15) is 0 Å². The second-order valence-electron chi connectivity index (χ2n) is 5.30. The molecule has 0 aromatic heterocycles. The lowest BCUT2D eigenvalue weighted by Crippen LogP contribution is -2.07. The molecule has 0 atom stereocenters.